The molecule has 3 N–H and O–H groups in total. The minimum absolute atomic E-state index is 0.0106. The Morgan fingerprint density at radius 3 is 2.23 bits per heavy atom. The van der Waals surface area contributed by atoms with E-state index >= 15 is 0 Å². The molecule has 0 bridgehead atoms. The number of hydrogen-bond donors (Lipinski definition) is 3. The van der Waals surface area contributed by atoms with Crippen LogP contribution in [0.2, 0.25) is 0 Å². The summed E-state index contributed by atoms with van der Waals surface area (Å²) < 4.78 is 5.41. The lowest BCUT2D eigenvalue weighted by atomic mass is 9.98. The SMILES string of the molecule is CCCCCN(C(=O)C(CC(C)C)NC(=O)OC(C)(C)C)C(C(=O)NC(C)C)c1cccc(O)c1. The van der Waals surface area contributed by atoms with Crippen LogP contribution in [-0.4, -0.2) is 52.1 Å². The Bertz CT molecular complexity index is 832. The Balaban J connectivity index is 3.46. The molecule has 0 saturated heterocycles. The molecule has 8 nitrogen and oxygen atoms in total. The summed E-state index contributed by atoms with van der Waals surface area (Å²) in [7, 11) is 0. The summed E-state index contributed by atoms with van der Waals surface area (Å²) in [6, 6.07) is 4.45. The van der Waals surface area contributed by atoms with Crippen molar-refractivity contribution in [2.75, 3.05) is 6.54 Å². The lowest BCUT2D eigenvalue weighted by Crippen LogP contribution is -2.54. The first-order valence-corrected chi connectivity index (χ1v) is 12.6. The van der Waals surface area contributed by atoms with E-state index in [-0.39, 0.29) is 29.5 Å². The fourth-order valence-corrected chi connectivity index (χ4v) is 3.77. The number of nitrogens with one attached hydrogen (secondary N) is 2. The smallest absolute Gasteiger partial charge is 0.408 e. The second-order valence-corrected chi connectivity index (χ2v) is 10.7. The summed E-state index contributed by atoms with van der Waals surface area (Å²) in [4.78, 5) is 41.5. The van der Waals surface area contributed by atoms with Gasteiger partial charge < -0.3 is 25.4 Å². The first-order valence-electron chi connectivity index (χ1n) is 12.6. The van der Waals surface area contributed by atoms with Gasteiger partial charge in [-0.2, -0.15) is 0 Å². The average molecular weight is 492 g/mol. The van der Waals surface area contributed by atoms with Crippen LogP contribution < -0.4 is 10.6 Å². The molecule has 2 unspecified atom stereocenters. The van der Waals surface area contributed by atoms with Crippen LogP contribution in [0.5, 0.6) is 5.75 Å². The maximum Gasteiger partial charge on any atom is 0.408 e. The Hall–Kier alpha value is -2.77. The third-order valence-corrected chi connectivity index (χ3v) is 5.16. The van der Waals surface area contributed by atoms with Crippen molar-refractivity contribution in [3.63, 3.8) is 0 Å². The largest absolute Gasteiger partial charge is 0.508 e. The number of hydrogen-bond acceptors (Lipinski definition) is 5. The fraction of sp³-hybridized carbons (Fsp3) is 0.667. The van der Waals surface area contributed by atoms with E-state index in [0.717, 1.165) is 12.8 Å². The van der Waals surface area contributed by atoms with Crippen LogP contribution in [0, 0.1) is 5.92 Å². The van der Waals surface area contributed by atoms with E-state index < -0.39 is 23.8 Å². The number of phenols is 1. The van der Waals surface area contributed by atoms with Gasteiger partial charge in [0.2, 0.25) is 11.8 Å². The molecule has 1 aromatic rings. The zero-order valence-corrected chi connectivity index (χ0v) is 22.7. The minimum Gasteiger partial charge on any atom is -0.508 e. The number of phenolic OH excluding ortho intramolecular Hbond substituents is 1. The van der Waals surface area contributed by atoms with E-state index in [1.807, 2.05) is 27.7 Å². The van der Waals surface area contributed by atoms with Gasteiger partial charge in [0.25, 0.3) is 0 Å². The number of nitrogens with zero attached hydrogens (tertiary/aromatic N) is 1. The zero-order chi connectivity index (χ0) is 26.8. The van der Waals surface area contributed by atoms with Gasteiger partial charge in [0.1, 0.15) is 23.4 Å². The molecule has 0 heterocycles. The van der Waals surface area contributed by atoms with Gasteiger partial charge in [-0.05, 0) is 71.1 Å². The van der Waals surface area contributed by atoms with Gasteiger partial charge in [-0.1, -0.05) is 45.7 Å². The third kappa shape index (κ3) is 11.0. The van der Waals surface area contributed by atoms with Crippen molar-refractivity contribution in [3.8, 4) is 5.75 Å². The summed E-state index contributed by atoms with van der Waals surface area (Å²) in [5.74, 6) is -0.569. The maximum atomic E-state index is 14.0. The highest BCUT2D eigenvalue weighted by Gasteiger charge is 2.36. The lowest BCUT2D eigenvalue weighted by Gasteiger charge is -2.35. The fourth-order valence-electron chi connectivity index (χ4n) is 3.77. The molecule has 1 aromatic carbocycles. The molecule has 0 aliphatic rings. The molecule has 3 amide bonds. The number of benzene rings is 1. The van der Waals surface area contributed by atoms with Crippen LogP contribution in [0.4, 0.5) is 4.79 Å². The Labute approximate surface area is 210 Å². The summed E-state index contributed by atoms with van der Waals surface area (Å²) in [5.41, 5.74) is -0.203. The minimum atomic E-state index is -0.955. The van der Waals surface area contributed by atoms with Gasteiger partial charge in [-0.25, -0.2) is 4.79 Å². The molecule has 0 radical (unpaired) electrons. The van der Waals surface area contributed by atoms with Gasteiger partial charge >= 0.3 is 6.09 Å². The van der Waals surface area contributed by atoms with Crippen LogP contribution in [0.3, 0.4) is 0 Å². The highest BCUT2D eigenvalue weighted by atomic mass is 16.6. The number of rotatable bonds is 12. The van der Waals surface area contributed by atoms with Crippen molar-refractivity contribution < 1.29 is 24.2 Å². The van der Waals surface area contributed by atoms with Crippen LogP contribution in [0.25, 0.3) is 0 Å². The highest BCUT2D eigenvalue weighted by molar-refractivity contribution is 5.92. The molecule has 0 aliphatic heterocycles. The highest BCUT2D eigenvalue weighted by Crippen LogP contribution is 2.27. The molecule has 0 saturated carbocycles. The number of carbonyl (C=O) groups excluding carboxylic acids is 3. The molecule has 8 heteroatoms. The van der Waals surface area contributed by atoms with Crippen molar-refractivity contribution >= 4 is 17.9 Å². The molecule has 1 rings (SSSR count). The summed E-state index contributed by atoms with van der Waals surface area (Å²) in [6.45, 7) is 15.3. The number of ether oxygens (including phenoxy) is 1. The second kappa shape index (κ2) is 14.0. The van der Waals surface area contributed by atoms with E-state index in [9.17, 15) is 19.5 Å². The van der Waals surface area contributed by atoms with Crippen molar-refractivity contribution in [2.45, 2.75) is 105 Å². The van der Waals surface area contributed by atoms with Crippen molar-refractivity contribution in [3.05, 3.63) is 29.8 Å². The van der Waals surface area contributed by atoms with Crippen LogP contribution >= 0.6 is 0 Å². The molecule has 198 valence electrons. The Kier molecular flexibility index (Phi) is 12.1. The van der Waals surface area contributed by atoms with E-state index in [1.165, 1.54) is 17.0 Å². The number of aromatic hydroxyl groups is 1. The Morgan fingerprint density at radius 1 is 1.06 bits per heavy atom. The molecule has 0 fully saturated rings. The van der Waals surface area contributed by atoms with Crippen molar-refractivity contribution in [1.29, 1.82) is 0 Å². The average Bonchev–Trinajstić information content (AvgIpc) is 2.70. The first kappa shape index (κ1) is 30.3. The van der Waals surface area contributed by atoms with E-state index in [1.54, 1.807) is 32.9 Å². The van der Waals surface area contributed by atoms with Gasteiger partial charge in [-0.3, -0.25) is 9.59 Å². The predicted molar refractivity (Wildman–Crippen MR) is 138 cm³/mol. The van der Waals surface area contributed by atoms with Crippen LogP contribution in [0.1, 0.15) is 92.7 Å². The second-order valence-electron chi connectivity index (χ2n) is 10.7. The summed E-state index contributed by atoms with van der Waals surface area (Å²) >= 11 is 0. The third-order valence-electron chi connectivity index (χ3n) is 5.16. The molecule has 35 heavy (non-hydrogen) atoms. The van der Waals surface area contributed by atoms with E-state index in [2.05, 4.69) is 17.6 Å². The van der Waals surface area contributed by atoms with Gasteiger partial charge in [0.05, 0.1) is 0 Å². The van der Waals surface area contributed by atoms with Gasteiger partial charge in [0.15, 0.2) is 0 Å². The maximum absolute atomic E-state index is 14.0. The van der Waals surface area contributed by atoms with Crippen LogP contribution in [-0.2, 0) is 14.3 Å². The standard InChI is InChI=1S/C27H45N3O5/c1-9-10-11-15-30(23(24(32)28-19(4)5)20-13-12-14-21(31)17-20)25(33)22(16-18(2)3)29-26(34)35-27(6,7)8/h12-14,17-19,22-23,31H,9-11,15-16H2,1-8H3,(H,28,32)(H,29,34). The van der Waals surface area contributed by atoms with E-state index in [0.29, 0.717) is 24.9 Å². The number of carbonyl (C=O) groups is 3. The predicted octanol–water partition coefficient (Wildman–Crippen LogP) is 4.92. The molecular formula is C27H45N3O5. The summed E-state index contributed by atoms with van der Waals surface area (Å²) in [5, 5.41) is 15.8. The number of amides is 3. The van der Waals surface area contributed by atoms with Crippen molar-refractivity contribution in [1.82, 2.24) is 15.5 Å². The number of alkyl carbamates (subject to hydrolysis) is 1. The van der Waals surface area contributed by atoms with Gasteiger partial charge in [0, 0.05) is 12.6 Å². The lowest BCUT2D eigenvalue weighted by molar-refractivity contribution is -0.143. The van der Waals surface area contributed by atoms with Crippen LogP contribution in [0.15, 0.2) is 24.3 Å². The zero-order valence-electron chi connectivity index (χ0n) is 22.7. The molecule has 0 aromatic heterocycles. The first-order chi connectivity index (χ1) is 16.2. The molecule has 0 spiro atoms. The van der Waals surface area contributed by atoms with Gasteiger partial charge in [-0.15, -0.1) is 0 Å². The van der Waals surface area contributed by atoms with E-state index in [4.69, 9.17) is 4.74 Å². The quantitative estimate of drug-likeness (QED) is 0.360. The topological polar surface area (TPSA) is 108 Å². The molecule has 2 atom stereocenters. The molecular weight excluding hydrogens is 446 g/mol. The van der Waals surface area contributed by atoms with Crippen molar-refractivity contribution in [2.24, 2.45) is 5.92 Å². The summed E-state index contributed by atoms with van der Waals surface area (Å²) in [6.07, 6.45) is 2.25. The normalized spacial score (nSPS) is 13.3. The monoisotopic (exact) mass is 491 g/mol. The Morgan fingerprint density at radius 2 is 1.71 bits per heavy atom. The molecule has 0 aliphatic carbocycles. The number of unbranched alkanes of at least 4 members (excludes halogenated alkanes) is 2.